The van der Waals surface area contributed by atoms with Gasteiger partial charge in [0.15, 0.2) is 0 Å². The standard InChI is InChI=1S/C20H34N4O8/c1-4-10(2)15(20(31)32)22-18(29)16(11(3)25)23-17(28)13-6-5-9-24(13)19(30)12(21)7-8-14(26)27/h10-13,15-16,25H,4-9,21H2,1-3H3,(H,22,29)(H,23,28)(H,26,27)(H,31,32). The van der Waals surface area contributed by atoms with Gasteiger partial charge in [-0.15, -0.1) is 0 Å². The molecule has 0 aromatic rings. The number of carboxylic acid groups (broad SMARTS) is 2. The number of nitrogens with zero attached hydrogens (tertiary/aromatic N) is 1. The highest BCUT2D eigenvalue weighted by Gasteiger charge is 2.39. The number of rotatable bonds is 12. The van der Waals surface area contributed by atoms with E-state index in [0.717, 1.165) is 0 Å². The molecule has 0 aromatic heterocycles. The van der Waals surface area contributed by atoms with Crippen LogP contribution >= 0.6 is 0 Å². The Labute approximate surface area is 186 Å². The third-order valence-corrected chi connectivity index (χ3v) is 5.66. The van der Waals surface area contributed by atoms with E-state index >= 15 is 0 Å². The van der Waals surface area contributed by atoms with Crippen molar-refractivity contribution in [3.8, 4) is 0 Å². The minimum atomic E-state index is -1.42. The van der Waals surface area contributed by atoms with Gasteiger partial charge in [-0.1, -0.05) is 20.3 Å². The maximum atomic E-state index is 12.8. The maximum absolute atomic E-state index is 12.8. The Kier molecular flexibility index (Phi) is 10.5. The van der Waals surface area contributed by atoms with Gasteiger partial charge < -0.3 is 36.6 Å². The number of carboxylic acids is 2. The lowest BCUT2D eigenvalue weighted by atomic mass is 9.98. The number of hydrogen-bond donors (Lipinski definition) is 6. The van der Waals surface area contributed by atoms with Crippen LogP contribution in [0.3, 0.4) is 0 Å². The predicted octanol–water partition coefficient (Wildman–Crippen LogP) is -1.35. The molecule has 7 N–H and O–H groups in total. The number of likely N-dealkylation sites (tertiary alicyclic amines) is 1. The van der Waals surface area contributed by atoms with Gasteiger partial charge in [-0.3, -0.25) is 19.2 Å². The van der Waals surface area contributed by atoms with E-state index < -0.39 is 59.9 Å². The SMILES string of the molecule is CCC(C)C(NC(=O)C(NC(=O)C1CCCN1C(=O)C(N)CCC(=O)O)C(C)O)C(=O)O. The highest BCUT2D eigenvalue weighted by molar-refractivity contribution is 5.94. The van der Waals surface area contributed by atoms with Crippen LogP contribution in [-0.2, 0) is 24.0 Å². The molecular weight excluding hydrogens is 424 g/mol. The van der Waals surface area contributed by atoms with Crippen molar-refractivity contribution in [2.75, 3.05) is 6.54 Å². The predicted molar refractivity (Wildman–Crippen MR) is 112 cm³/mol. The second-order valence-corrected chi connectivity index (χ2v) is 8.17. The van der Waals surface area contributed by atoms with Crippen LogP contribution in [-0.4, -0.2) is 86.7 Å². The molecule has 1 rings (SSSR count). The highest BCUT2D eigenvalue weighted by Crippen LogP contribution is 2.19. The Bertz CT molecular complexity index is 714. The number of nitrogens with one attached hydrogen (secondary N) is 2. The van der Waals surface area contributed by atoms with Crippen molar-refractivity contribution in [2.24, 2.45) is 11.7 Å². The first-order valence-corrected chi connectivity index (χ1v) is 10.7. The zero-order valence-electron chi connectivity index (χ0n) is 18.6. The summed E-state index contributed by atoms with van der Waals surface area (Å²) in [5.41, 5.74) is 5.78. The van der Waals surface area contributed by atoms with Crippen LogP contribution in [0.4, 0.5) is 0 Å². The summed E-state index contributed by atoms with van der Waals surface area (Å²) in [7, 11) is 0. The number of aliphatic hydroxyl groups is 1. The van der Waals surface area contributed by atoms with Gasteiger partial charge in [0, 0.05) is 13.0 Å². The Hall–Kier alpha value is -2.73. The smallest absolute Gasteiger partial charge is 0.326 e. The number of hydrogen-bond acceptors (Lipinski definition) is 7. The summed E-state index contributed by atoms with van der Waals surface area (Å²) >= 11 is 0. The average molecular weight is 459 g/mol. The van der Waals surface area contributed by atoms with Crippen molar-refractivity contribution in [1.29, 1.82) is 0 Å². The van der Waals surface area contributed by atoms with E-state index in [1.54, 1.807) is 13.8 Å². The number of carbonyl (C=O) groups is 5. The molecule has 0 aliphatic carbocycles. The van der Waals surface area contributed by atoms with Crippen LogP contribution in [0.1, 0.15) is 52.9 Å². The van der Waals surface area contributed by atoms with Gasteiger partial charge >= 0.3 is 11.9 Å². The van der Waals surface area contributed by atoms with Crippen LogP contribution in [0.25, 0.3) is 0 Å². The van der Waals surface area contributed by atoms with Gasteiger partial charge in [-0.25, -0.2) is 4.79 Å². The maximum Gasteiger partial charge on any atom is 0.326 e. The lowest BCUT2D eigenvalue weighted by Crippen LogP contribution is -2.60. The fourth-order valence-corrected chi connectivity index (χ4v) is 3.50. The Balaban J connectivity index is 2.88. The van der Waals surface area contributed by atoms with Crippen LogP contribution in [0.5, 0.6) is 0 Å². The number of aliphatic carboxylic acids is 2. The zero-order chi connectivity index (χ0) is 24.6. The molecule has 1 aliphatic rings. The van der Waals surface area contributed by atoms with Crippen LogP contribution in [0, 0.1) is 5.92 Å². The third kappa shape index (κ3) is 7.45. The molecule has 182 valence electrons. The molecule has 0 aromatic carbocycles. The molecule has 6 atom stereocenters. The topological polar surface area (TPSA) is 199 Å². The lowest BCUT2D eigenvalue weighted by molar-refractivity contribution is -0.145. The van der Waals surface area contributed by atoms with Crippen molar-refractivity contribution in [2.45, 2.75) is 83.1 Å². The molecule has 3 amide bonds. The average Bonchev–Trinajstić information content (AvgIpc) is 3.21. The Morgan fingerprint density at radius 3 is 2.22 bits per heavy atom. The molecule has 1 fully saturated rings. The van der Waals surface area contributed by atoms with Crippen molar-refractivity contribution in [1.82, 2.24) is 15.5 Å². The first-order chi connectivity index (χ1) is 14.9. The summed E-state index contributed by atoms with van der Waals surface area (Å²) < 4.78 is 0. The second kappa shape index (κ2) is 12.3. The minimum absolute atomic E-state index is 0.0795. The minimum Gasteiger partial charge on any atom is -0.481 e. The van der Waals surface area contributed by atoms with Crippen LogP contribution < -0.4 is 16.4 Å². The first-order valence-electron chi connectivity index (χ1n) is 10.7. The van der Waals surface area contributed by atoms with E-state index in [2.05, 4.69) is 10.6 Å². The largest absolute Gasteiger partial charge is 0.481 e. The molecule has 0 radical (unpaired) electrons. The summed E-state index contributed by atoms with van der Waals surface area (Å²) in [4.78, 5) is 61.5. The molecule has 1 heterocycles. The van der Waals surface area contributed by atoms with Crippen LogP contribution in [0.2, 0.25) is 0 Å². The van der Waals surface area contributed by atoms with E-state index in [1.807, 2.05) is 0 Å². The van der Waals surface area contributed by atoms with Gasteiger partial charge in [0.05, 0.1) is 12.1 Å². The number of carbonyl (C=O) groups excluding carboxylic acids is 3. The molecule has 12 nitrogen and oxygen atoms in total. The second-order valence-electron chi connectivity index (χ2n) is 8.17. The third-order valence-electron chi connectivity index (χ3n) is 5.66. The monoisotopic (exact) mass is 458 g/mol. The van der Waals surface area contributed by atoms with Gasteiger partial charge in [0.1, 0.15) is 18.1 Å². The Morgan fingerprint density at radius 2 is 1.72 bits per heavy atom. The summed E-state index contributed by atoms with van der Waals surface area (Å²) in [6.07, 6.45) is -0.386. The van der Waals surface area contributed by atoms with E-state index in [9.17, 15) is 34.2 Å². The molecule has 1 saturated heterocycles. The number of nitrogens with two attached hydrogens (primary N) is 1. The van der Waals surface area contributed by atoms with E-state index in [1.165, 1.54) is 11.8 Å². The molecule has 12 heteroatoms. The van der Waals surface area contributed by atoms with E-state index in [0.29, 0.717) is 19.3 Å². The summed E-state index contributed by atoms with van der Waals surface area (Å²) in [6.45, 7) is 4.96. The molecule has 0 spiro atoms. The van der Waals surface area contributed by atoms with Crippen molar-refractivity contribution >= 4 is 29.7 Å². The molecule has 6 unspecified atom stereocenters. The van der Waals surface area contributed by atoms with Crippen LogP contribution in [0.15, 0.2) is 0 Å². The highest BCUT2D eigenvalue weighted by atomic mass is 16.4. The summed E-state index contributed by atoms with van der Waals surface area (Å²) in [5, 5.41) is 32.9. The fraction of sp³-hybridized carbons (Fsp3) is 0.750. The quantitative estimate of drug-likeness (QED) is 0.204. The number of aliphatic hydroxyl groups excluding tert-OH is 1. The van der Waals surface area contributed by atoms with Crippen molar-refractivity contribution in [3.05, 3.63) is 0 Å². The molecule has 1 aliphatic heterocycles. The summed E-state index contributed by atoms with van der Waals surface area (Å²) in [5.74, 6) is -4.80. The Morgan fingerprint density at radius 1 is 1.09 bits per heavy atom. The lowest BCUT2D eigenvalue weighted by Gasteiger charge is -2.30. The van der Waals surface area contributed by atoms with Gasteiger partial charge in [0.2, 0.25) is 17.7 Å². The number of amides is 3. The van der Waals surface area contributed by atoms with Gasteiger partial charge in [-0.05, 0) is 32.1 Å². The molecular formula is C20H34N4O8. The van der Waals surface area contributed by atoms with Gasteiger partial charge in [0.25, 0.3) is 0 Å². The molecule has 32 heavy (non-hydrogen) atoms. The van der Waals surface area contributed by atoms with Crippen molar-refractivity contribution in [3.63, 3.8) is 0 Å². The van der Waals surface area contributed by atoms with E-state index in [4.69, 9.17) is 10.8 Å². The summed E-state index contributed by atoms with van der Waals surface area (Å²) in [6, 6.07) is -4.63. The molecule has 0 bridgehead atoms. The molecule has 0 saturated carbocycles. The normalized spacial score (nSPS) is 20.5. The first kappa shape index (κ1) is 27.3. The zero-order valence-corrected chi connectivity index (χ0v) is 18.6. The van der Waals surface area contributed by atoms with Crippen molar-refractivity contribution < 1.29 is 39.3 Å². The fourth-order valence-electron chi connectivity index (χ4n) is 3.50. The van der Waals surface area contributed by atoms with E-state index in [-0.39, 0.29) is 25.3 Å². The van der Waals surface area contributed by atoms with Gasteiger partial charge in [-0.2, -0.15) is 0 Å².